The molecule has 0 radical (unpaired) electrons. The molecule has 1 atom stereocenters. The Morgan fingerprint density at radius 3 is 1.92 bits per heavy atom. The van der Waals surface area contributed by atoms with Crippen LogP contribution in [0.4, 0.5) is 0 Å². The van der Waals surface area contributed by atoms with Crippen molar-refractivity contribution in [2.75, 3.05) is 49.1 Å². The van der Waals surface area contributed by atoms with Crippen LogP contribution in [-0.2, 0) is 23.0 Å². The van der Waals surface area contributed by atoms with Gasteiger partial charge in [0.25, 0.3) is 10.1 Å². The number of fused-ring (bicyclic) bond motifs is 1. The molecule has 37 heavy (non-hydrogen) atoms. The van der Waals surface area contributed by atoms with Gasteiger partial charge in [-0.1, -0.05) is 24.3 Å². The zero-order chi connectivity index (χ0) is 27.2. The molecule has 1 aliphatic rings. The van der Waals surface area contributed by atoms with E-state index in [4.69, 9.17) is 23.5 Å². The highest BCUT2D eigenvalue weighted by molar-refractivity contribution is 7.85. The van der Waals surface area contributed by atoms with Crippen molar-refractivity contribution in [1.82, 2.24) is 0 Å². The maximum absolute atomic E-state index is 10.4. The van der Waals surface area contributed by atoms with Crippen molar-refractivity contribution in [2.24, 2.45) is 0 Å². The fraction of sp³-hybridized carbons (Fsp3) is 0.357. The van der Waals surface area contributed by atoms with Crippen molar-refractivity contribution < 1.29 is 36.4 Å². The fourth-order valence-corrected chi connectivity index (χ4v) is 5.09. The third-order valence-electron chi connectivity index (χ3n) is 6.72. The number of methoxy groups -OCH3 is 4. The number of quaternary nitrogens is 1. The molecule has 1 heterocycles. The fourth-order valence-electron chi connectivity index (χ4n) is 4.58. The molecule has 0 fully saturated rings. The number of hydrogen-bond donors (Lipinski definition) is 1. The minimum Gasteiger partial charge on any atom is -0.493 e. The van der Waals surface area contributed by atoms with Crippen LogP contribution in [0.3, 0.4) is 0 Å². The lowest BCUT2D eigenvalue weighted by Gasteiger charge is -2.43. The van der Waals surface area contributed by atoms with E-state index in [0.717, 1.165) is 46.9 Å². The van der Waals surface area contributed by atoms with E-state index in [9.17, 15) is 8.42 Å². The van der Waals surface area contributed by atoms with Crippen LogP contribution in [0, 0.1) is 0 Å². The van der Waals surface area contributed by atoms with Gasteiger partial charge in [0.2, 0.25) is 0 Å². The van der Waals surface area contributed by atoms with Gasteiger partial charge in [0, 0.05) is 18.4 Å². The Hall–Kier alpha value is -3.27. The molecule has 4 rings (SSSR count). The van der Waals surface area contributed by atoms with E-state index in [1.807, 2.05) is 6.07 Å². The normalized spacial score (nSPS) is 16.0. The zero-order valence-electron chi connectivity index (χ0n) is 22.2. The van der Waals surface area contributed by atoms with Crippen LogP contribution in [-0.4, -0.2) is 66.5 Å². The molecular weight excluding hydrogens is 494 g/mol. The lowest BCUT2D eigenvalue weighted by atomic mass is 9.87. The van der Waals surface area contributed by atoms with Crippen molar-refractivity contribution in [2.45, 2.75) is 23.8 Å². The third-order valence-corrected chi connectivity index (χ3v) is 7.59. The van der Waals surface area contributed by atoms with Crippen LogP contribution < -0.4 is 18.9 Å². The van der Waals surface area contributed by atoms with Crippen molar-refractivity contribution in [3.05, 3.63) is 77.4 Å². The van der Waals surface area contributed by atoms with E-state index >= 15 is 0 Å². The third kappa shape index (κ3) is 6.74. The molecule has 3 aromatic carbocycles. The molecule has 0 amide bonds. The van der Waals surface area contributed by atoms with Crippen LogP contribution in [0.15, 0.2) is 65.6 Å². The summed E-state index contributed by atoms with van der Waals surface area (Å²) < 4.78 is 52.1. The van der Waals surface area contributed by atoms with Crippen molar-refractivity contribution >= 4 is 10.1 Å². The van der Waals surface area contributed by atoms with Crippen molar-refractivity contribution in [3.63, 3.8) is 0 Å². The van der Waals surface area contributed by atoms with E-state index < -0.39 is 10.1 Å². The molecule has 0 bridgehead atoms. The molecule has 9 heteroatoms. The predicted octanol–water partition coefficient (Wildman–Crippen LogP) is 4.57. The number of rotatable bonds is 7. The minimum atomic E-state index is -4.00. The smallest absolute Gasteiger partial charge is 0.294 e. The number of likely N-dealkylation sites (N-methyl/N-ethyl adjacent to an activating group) is 1. The van der Waals surface area contributed by atoms with Crippen LogP contribution in [0.2, 0.25) is 0 Å². The number of nitrogens with zero attached hydrogens (tertiary/aromatic N) is 1. The van der Waals surface area contributed by atoms with Gasteiger partial charge in [-0.3, -0.25) is 4.55 Å². The maximum atomic E-state index is 10.4. The van der Waals surface area contributed by atoms with Crippen molar-refractivity contribution in [3.8, 4) is 23.0 Å². The van der Waals surface area contributed by atoms with Crippen LogP contribution in [0.1, 0.15) is 22.7 Å². The molecule has 3 aromatic rings. The van der Waals surface area contributed by atoms with E-state index in [2.05, 4.69) is 38.4 Å². The molecule has 1 N–H and O–H groups in total. The molecule has 1 aliphatic heterocycles. The first-order valence-corrected chi connectivity index (χ1v) is 13.3. The van der Waals surface area contributed by atoms with Gasteiger partial charge in [-0.15, -0.1) is 0 Å². The second-order valence-electron chi connectivity index (χ2n) is 9.36. The lowest BCUT2D eigenvalue weighted by molar-refractivity contribution is -0.923. The van der Waals surface area contributed by atoms with Crippen LogP contribution in [0.25, 0.3) is 0 Å². The summed E-state index contributed by atoms with van der Waals surface area (Å²) in [7, 11) is 7.31. The van der Waals surface area contributed by atoms with Gasteiger partial charge in [-0.2, -0.15) is 8.42 Å². The molecule has 0 aromatic heterocycles. The Morgan fingerprint density at radius 1 is 0.811 bits per heavy atom. The summed E-state index contributed by atoms with van der Waals surface area (Å²) in [6.45, 7) is 1.08. The largest absolute Gasteiger partial charge is 0.493 e. The summed E-state index contributed by atoms with van der Waals surface area (Å²) in [5.74, 6) is 3.11. The summed E-state index contributed by atoms with van der Waals surface area (Å²) in [6.07, 6.45) is 1.95. The van der Waals surface area contributed by atoms with Gasteiger partial charge < -0.3 is 23.4 Å². The summed E-state index contributed by atoms with van der Waals surface area (Å²) in [6, 6.07) is 18.2. The Morgan fingerprint density at radius 2 is 1.38 bits per heavy atom. The highest BCUT2D eigenvalue weighted by atomic mass is 32.2. The number of hydrogen-bond acceptors (Lipinski definition) is 6. The Labute approximate surface area is 219 Å². The Bertz CT molecular complexity index is 1310. The molecule has 0 aliphatic carbocycles. The molecule has 8 nitrogen and oxygen atoms in total. The first kappa shape index (κ1) is 28.3. The quantitative estimate of drug-likeness (QED) is 0.353. The van der Waals surface area contributed by atoms with Gasteiger partial charge in [0.05, 0.1) is 54.0 Å². The van der Waals surface area contributed by atoms with Gasteiger partial charge >= 0.3 is 0 Å². The second kappa shape index (κ2) is 11.9. The van der Waals surface area contributed by atoms with Gasteiger partial charge in [-0.25, -0.2) is 0 Å². The minimum absolute atomic E-state index is 0.0741. The number of benzene rings is 3. The lowest BCUT2D eigenvalue weighted by Crippen LogP contribution is -2.48. The zero-order valence-corrected chi connectivity index (χ0v) is 23.0. The van der Waals surface area contributed by atoms with Crippen LogP contribution in [0.5, 0.6) is 23.0 Å². The summed E-state index contributed by atoms with van der Waals surface area (Å²) in [4.78, 5) is -0.0741. The molecular formula is C28H36NO7S+. The average Bonchev–Trinajstić information content (AvgIpc) is 2.89. The molecule has 0 unspecified atom stereocenters. The number of ether oxygens (including phenoxy) is 4. The average molecular weight is 531 g/mol. The van der Waals surface area contributed by atoms with Gasteiger partial charge in [0.15, 0.2) is 23.0 Å². The monoisotopic (exact) mass is 530 g/mol. The van der Waals surface area contributed by atoms with Crippen molar-refractivity contribution in [1.29, 1.82) is 0 Å². The molecule has 0 spiro atoms. The Kier molecular flexibility index (Phi) is 9.07. The van der Waals surface area contributed by atoms with E-state index in [0.29, 0.717) is 6.04 Å². The van der Waals surface area contributed by atoms with E-state index in [1.54, 1.807) is 46.6 Å². The van der Waals surface area contributed by atoms with Crippen LogP contribution >= 0.6 is 0 Å². The highest BCUT2D eigenvalue weighted by Crippen LogP contribution is 2.42. The second-order valence-corrected chi connectivity index (χ2v) is 10.8. The van der Waals surface area contributed by atoms with Gasteiger partial charge in [-0.05, 0) is 47.5 Å². The highest BCUT2D eigenvalue weighted by Gasteiger charge is 2.37. The van der Waals surface area contributed by atoms with E-state index in [1.165, 1.54) is 28.8 Å². The molecule has 0 saturated carbocycles. The SMILES string of the molecule is COc1ccc(C[C@@H]2c3cc(OC)c(OC)cc3CC[N+]2(C)C)cc1OC.O=S(=O)(O)c1ccccc1. The topological polar surface area (TPSA) is 91.3 Å². The first-order valence-electron chi connectivity index (χ1n) is 11.8. The maximum Gasteiger partial charge on any atom is 0.294 e. The van der Waals surface area contributed by atoms with Gasteiger partial charge in [0.1, 0.15) is 6.04 Å². The summed E-state index contributed by atoms with van der Waals surface area (Å²) in [5.41, 5.74) is 3.90. The standard InChI is InChI=1S/C22H30NO4.C6H6O3S/c1-23(2)10-9-16-13-21(26-5)22(27-6)14-17(16)18(23)11-15-7-8-19(24-3)20(12-15)25-4;7-10(8,9)6-4-2-1-3-5-6/h7-8,12-14,18H,9-11H2,1-6H3;1-5H,(H,7,8,9)/q+1;/t18-;/m1./s1. The summed E-state index contributed by atoms with van der Waals surface area (Å²) in [5, 5.41) is 0. The molecule has 200 valence electrons. The predicted molar refractivity (Wildman–Crippen MR) is 142 cm³/mol. The first-order chi connectivity index (χ1) is 17.5. The molecule has 0 saturated heterocycles. The summed E-state index contributed by atoms with van der Waals surface area (Å²) >= 11 is 0. The Balaban J connectivity index is 0.000000319. The van der Waals surface area contributed by atoms with E-state index in [-0.39, 0.29) is 4.90 Å².